The van der Waals surface area contributed by atoms with Crippen molar-refractivity contribution in [1.29, 1.82) is 0 Å². The minimum absolute atomic E-state index is 0.611. The molecule has 1 nitrogen and oxygen atoms in total. The molecule has 1 atom stereocenters. The Morgan fingerprint density at radius 2 is 2.00 bits per heavy atom. The highest BCUT2D eigenvalue weighted by Gasteiger charge is 2.09. The van der Waals surface area contributed by atoms with Gasteiger partial charge in [-0.05, 0) is 37.0 Å². The van der Waals surface area contributed by atoms with Gasteiger partial charge in [0.1, 0.15) is 0 Å². The Morgan fingerprint density at radius 3 is 2.80 bits per heavy atom. The van der Waals surface area contributed by atoms with Gasteiger partial charge in [0.05, 0.1) is 0 Å². The van der Waals surface area contributed by atoms with Crippen molar-refractivity contribution in [3.05, 3.63) is 54.3 Å². The first-order chi connectivity index (χ1) is 7.36. The standard InChI is InChI=1S/C14H17N/c1-12-8-4-2-7-11-14(12)15-13-9-5-3-6-10-13/h2-3,5-7,9-12,15H,4,8H2,1H3. The fourth-order valence-electron chi connectivity index (χ4n) is 1.79. The zero-order valence-electron chi connectivity index (χ0n) is 9.11. The number of para-hydroxylation sites is 1. The minimum Gasteiger partial charge on any atom is -0.359 e. The lowest BCUT2D eigenvalue weighted by Gasteiger charge is -2.16. The molecule has 0 fully saturated rings. The number of benzene rings is 1. The second-order valence-electron chi connectivity index (χ2n) is 4.02. The summed E-state index contributed by atoms with van der Waals surface area (Å²) >= 11 is 0. The lowest BCUT2D eigenvalue weighted by atomic mass is 10.0. The highest BCUT2D eigenvalue weighted by Crippen LogP contribution is 2.22. The molecule has 0 aromatic heterocycles. The summed E-state index contributed by atoms with van der Waals surface area (Å²) in [4.78, 5) is 0. The number of allylic oxidation sites excluding steroid dienone is 4. The van der Waals surface area contributed by atoms with E-state index in [2.05, 4.69) is 54.7 Å². The zero-order valence-corrected chi connectivity index (χ0v) is 9.11. The van der Waals surface area contributed by atoms with Crippen molar-refractivity contribution >= 4 is 5.69 Å². The molecule has 1 aromatic rings. The quantitative estimate of drug-likeness (QED) is 0.760. The van der Waals surface area contributed by atoms with Crippen molar-refractivity contribution in [3.8, 4) is 0 Å². The van der Waals surface area contributed by atoms with Gasteiger partial charge in [0.25, 0.3) is 0 Å². The Balaban J connectivity index is 2.11. The van der Waals surface area contributed by atoms with Crippen LogP contribution in [0.4, 0.5) is 5.69 Å². The van der Waals surface area contributed by atoms with Gasteiger partial charge < -0.3 is 5.32 Å². The molecule has 78 valence electrons. The summed E-state index contributed by atoms with van der Waals surface area (Å²) in [6.07, 6.45) is 8.97. The maximum absolute atomic E-state index is 3.48. The van der Waals surface area contributed by atoms with Crippen LogP contribution in [0.25, 0.3) is 0 Å². The first-order valence-electron chi connectivity index (χ1n) is 5.55. The van der Waals surface area contributed by atoms with Crippen LogP contribution in [0.5, 0.6) is 0 Å². The monoisotopic (exact) mass is 199 g/mol. The molecule has 0 bridgehead atoms. The molecule has 1 N–H and O–H groups in total. The van der Waals surface area contributed by atoms with E-state index in [1.165, 1.54) is 24.2 Å². The van der Waals surface area contributed by atoms with Gasteiger partial charge >= 0.3 is 0 Å². The summed E-state index contributed by atoms with van der Waals surface area (Å²) in [7, 11) is 0. The summed E-state index contributed by atoms with van der Waals surface area (Å²) in [5.74, 6) is 0.611. The van der Waals surface area contributed by atoms with Gasteiger partial charge in [-0.15, -0.1) is 0 Å². The first kappa shape index (κ1) is 10.0. The van der Waals surface area contributed by atoms with Crippen LogP contribution >= 0.6 is 0 Å². The molecule has 1 aliphatic carbocycles. The summed E-state index contributed by atoms with van der Waals surface area (Å²) < 4.78 is 0. The molecule has 0 radical (unpaired) electrons. The van der Waals surface area contributed by atoms with E-state index in [1.54, 1.807) is 0 Å². The second-order valence-corrected chi connectivity index (χ2v) is 4.02. The summed E-state index contributed by atoms with van der Waals surface area (Å²) in [6.45, 7) is 2.27. The zero-order chi connectivity index (χ0) is 10.5. The predicted octanol–water partition coefficient (Wildman–Crippen LogP) is 3.97. The van der Waals surface area contributed by atoms with E-state index in [9.17, 15) is 0 Å². The van der Waals surface area contributed by atoms with Crippen molar-refractivity contribution in [2.24, 2.45) is 5.92 Å². The van der Waals surface area contributed by atoms with E-state index >= 15 is 0 Å². The molecular weight excluding hydrogens is 182 g/mol. The van der Waals surface area contributed by atoms with Crippen molar-refractivity contribution in [3.63, 3.8) is 0 Å². The highest BCUT2D eigenvalue weighted by atomic mass is 14.9. The molecule has 0 spiro atoms. The lowest BCUT2D eigenvalue weighted by molar-refractivity contribution is 0.630. The fourth-order valence-corrected chi connectivity index (χ4v) is 1.79. The van der Waals surface area contributed by atoms with Gasteiger partial charge in [-0.25, -0.2) is 0 Å². The third kappa shape index (κ3) is 2.72. The van der Waals surface area contributed by atoms with Crippen molar-refractivity contribution < 1.29 is 0 Å². The van der Waals surface area contributed by atoms with Crippen LogP contribution in [0, 0.1) is 5.92 Å². The maximum atomic E-state index is 3.48. The fraction of sp³-hybridized carbons (Fsp3) is 0.286. The van der Waals surface area contributed by atoms with Crippen LogP contribution in [-0.2, 0) is 0 Å². The minimum atomic E-state index is 0.611. The van der Waals surface area contributed by atoms with E-state index < -0.39 is 0 Å². The number of hydrogen-bond acceptors (Lipinski definition) is 1. The normalized spacial score (nSPS) is 20.6. The Hall–Kier alpha value is -1.50. The van der Waals surface area contributed by atoms with E-state index in [0.717, 1.165) is 0 Å². The second kappa shape index (κ2) is 4.83. The van der Waals surface area contributed by atoms with Gasteiger partial charge in [-0.1, -0.05) is 37.3 Å². The van der Waals surface area contributed by atoms with Gasteiger partial charge in [0.15, 0.2) is 0 Å². The predicted molar refractivity (Wildman–Crippen MR) is 65.7 cm³/mol. The van der Waals surface area contributed by atoms with E-state index in [1.807, 2.05) is 6.07 Å². The van der Waals surface area contributed by atoms with E-state index in [0.29, 0.717) is 5.92 Å². The summed E-state index contributed by atoms with van der Waals surface area (Å²) in [5.41, 5.74) is 2.49. The van der Waals surface area contributed by atoms with Gasteiger partial charge in [-0.2, -0.15) is 0 Å². The van der Waals surface area contributed by atoms with Crippen LogP contribution in [0.2, 0.25) is 0 Å². The molecule has 2 rings (SSSR count). The smallest absolute Gasteiger partial charge is 0.0381 e. The van der Waals surface area contributed by atoms with Crippen molar-refractivity contribution in [1.82, 2.24) is 0 Å². The largest absolute Gasteiger partial charge is 0.359 e. The SMILES string of the molecule is CC1CCC=CC=C1Nc1ccccc1. The van der Waals surface area contributed by atoms with Gasteiger partial charge in [0.2, 0.25) is 0 Å². The van der Waals surface area contributed by atoms with Gasteiger partial charge in [-0.3, -0.25) is 0 Å². The Bertz CT molecular complexity index is 362. The molecule has 0 amide bonds. The van der Waals surface area contributed by atoms with Crippen LogP contribution in [0.15, 0.2) is 54.3 Å². The molecule has 0 aliphatic heterocycles. The van der Waals surface area contributed by atoms with Crippen LogP contribution in [-0.4, -0.2) is 0 Å². The third-order valence-electron chi connectivity index (χ3n) is 2.77. The molecule has 1 heteroatoms. The molecule has 15 heavy (non-hydrogen) atoms. The molecule has 0 saturated heterocycles. The Morgan fingerprint density at radius 1 is 1.20 bits per heavy atom. The molecule has 0 heterocycles. The lowest BCUT2D eigenvalue weighted by Crippen LogP contribution is -2.07. The van der Waals surface area contributed by atoms with E-state index in [-0.39, 0.29) is 0 Å². The van der Waals surface area contributed by atoms with Crippen molar-refractivity contribution in [2.45, 2.75) is 19.8 Å². The first-order valence-corrected chi connectivity index (χ1v) is 5.55. The van der Waals surface area contributed by atoms with Crippen LogP contribution in [0.3, 0.4) is 0 Å². The van der Waals surface area contributed by atoms with Crippen molar-refractivity contribution in [2.75, 3.05) is 5.32 Å². The third-order valence-corrected chi connectivity index (χ3v) is 2.77. The Kier molecular flexibility index (Phi) is 3.23. The molecule has 1 unspecified atom stereocenters. The average molecular weight is 199 g/mol. The summed E-state index contributed by atoms with van der Waals surface area (Å²) in [5, 5.41) is 3.48. The maximum Gasteiger partial charge on any atom is 0.0381 e. The topological polar surface area (TPSA) is 12.0 Å². The average Bonchev–Trinajstić information content (AvgIpc) is 2.46. The van der Waals surface area contributed by atoms with Crippen LogP contribution < -0.4 is 5.32 Å². The number of anilines is 1. The molecule has 1 aromatic carbocycles. The van der Waals surface area contributed by atoms with E-state index in [4.69, 9.17) is 0 Å². The number of nitrogens with one attached hydrogen (secondary N) is 1. The Labute approximate surface area is 91.5 Å². The van der Waals surface area contributed by atoms with Crippen LogP contribution in [0.1, 0.15) is 19.8 Å². The number of hydrogen-bond donors (Lipinski definition) is 1. The summed E-state index contributed by atoms with van der Waals surface area (Å²) in [6, 6.07) is 10.3. The molecular formula is C14H17N. The number of rotatable bonds is 2. The highest BCUT2D eigenvalue weighted by molar-refractivity contribution is 5.49. The molecule has 1 aliphatic rings. The van der Waals surface area contributed by atoms with Gasteiger partial charge in [0, 0.05) is 11.4 Å². The molecule has 0 saturated carbocycles.